The van der Waals surface area contributed by atoms with E-state index in [2.05, 4.69) is 22.2 Å². The first-order valence-corrected chi connectivity index (χ1v) is 8.56. The predicted molar refractivity (Wildman–Crippen MR) is 103 cm³/mol. The number of hydrogen-bond acceptors (Lipinski definition) is 5. The van der Waals surface area contributed by atoms with Crippen molar-refractivity contribution in [2.75, 3.05) is 6.61 Å². The van der Waals surface area contributed by atoms with Gasteiger partial charge in [-0.15, -0.1) is 5.10 Å². The van der Waals surface area contributed by atoms with Gasteiger partial charge in [0, 0.05) is 0 Å². The van der Waals surface area contributed by atoms with E-state index >= 15 is 0 Å². The highest BCUT2D eigenvalue weighted by Gasteiger charge is 2.20. The number of amides is 2. The van der Waals surface area contributed by atoms with Crippen molar-refractivity contribution in [3.8, 4) is 0 Å². The summed E-state index contributed by atoms with van der Waals surface area (Å²) in [4.78, 5) is 24.1. The molecule has 0 aliphatic rings. The molecule has 0 spiro atoms. The van der Waals surface area contributed by atoms with Crippen molar-refractivity contribution in [2.24, 2.45) is 5.41 Å². The van der Waals surface area contributed by atoms with Gasteiger partial charge in [-0.2, -0.15) is 0 Å². The molecule has 1 aromatic carbocycles. The summed E-state index contributed by atoms with van der Waals surface area (Å²) in [5.41, 5.74) is 1.44. The monoisotopic (exact) mass is 368 g/mol. The molecule has 1 aromatic heterocycles. The number of alkyl carbamates (subject to hydrolysis) is 1. The number of imide groups is 1. The third kappa shape index (κ3) is 6.22. The maximum absolute atomic E-state index is 12.3. The van der Waals surface area contributed by atoms with Crippen LogP contribution in [-0.4, -0.2) is 33.6 Å². The second kappa shape index (κ2) is 8.93. The number of nitrogens with zero attached hydrogens (tertiary/aromatic N) is 3. The number of carbonyl (C=O) groups excluding carboxylic acids is 2. The fourth-order valence-corrected chi connectivity index (χ4v) is 2.27. The molecule has 0 aliphatic carbocycles. The summed E-state index contributed by atoms with van der Waals surface area (Å²) in [6, 6.07) is 9.63. The first-order valence-electron chi connectivity index (χ1n) is 8.56. The number of rotatable bonds is 6. The zero-order valence-electron chi connectivity index (χ0n) is 15.8. The van der Waals surface area contributed by atoms with Gasteiger partial charge in [-0.05, 0) is 17.1 Å². The highest BCUT2D eigenvalue weighted by molar-refractivity contribution is 6.03. The van der Waals surface area contributed by atoms with E-state index in [9.17, 15) is 9.59 Å². The van der Waals surface area contributed by atoms with E-state index in [1.165, 1.54) is 6.08 Å². The molecule has 2 rings (SSSR count). The minimum absolute atomic E-state index is 0.00816. The molecular weight excluding hydrogens is 344 g/mol. The lowest BCUT2D eigenvalue weighted by atomic mass is 9.96. The third-order valence-electron chi connectivity index (χ3n) is 3.50. The Morgan fingerprint density at radius 2 is 1.96 bits per heavy atom. The zero-order valence-corrected chi connectivity index (χ0v) is 15.8. The molecule has 0 unspecified atom stereocenters. The van der Waals surface area contributed by atoms with E-state index in [-0.39, 0.29) is 17.7 Å². The van der Waals surface area contributed by atoms with Gasteiger partial charge < -0.3 is 4.74 Å². The molecular formula is C20H24N4O3. The normalized spacial score (nSPS) is 11.4. The fourth-order valence-electron chi connectivity index (χ4n) is 2.27. The summed E-state index contributed by atoms with van der Waals surface area (Å²) in [5.74, 6) is -0.686. The molecule has 1 heterocycles. The van der Waals surface area contributed by atoms with Gasteiger partial charge in [-0.1, -0.05) is 75.0 Å². The minimum atomic E-state index is -0.841. The van der Waals surface area contributed by atoms with E-state index in [0.29, 0.717) is 12.2 Å². The van der Waals surface area contributed by atoms with Crippen LogP contribution in [0.2, 0.25) is 0 Å². The molecule has 7 heteroatoms. The highest BCUT2D eigenvalue weighted by Crippen LogP contribution is 2.14. The topological polar surface area (TPSA) is 86.1 Å². The van der Waals surface area contributed by atoms with Crippen LogP contribution >= 0.6 is 0 Å². The Balaban J connectivity index is 1.99. The van der Waals surface area contributed by atoms with Crippen LogP contribution in [0, 0.1) is 5.41 Å². The van der Waals surface area contributed by atoms with E-state index in [1.54, 1.807) is 10.8 Å². The van der Waals surface area contributed by atoms with Gasteiger partial charge in [-0.25, -0.2) is 9.48 Å². The van der Waals surface area contributed by atoms with Crippen molar-refractivity contribution in [1.29, 1.82) is 0 Å². The van der Waals surface area contributed by atoms with Gasteiger partial charge in [0.15, 0.2) is 5.69 Å². The molecule has 27 heavy (non-hydrogen) atoms. The van der Waals surface area contributed by atoms with Crippen LogP contribution in [0.25, 0.3) is 6.08 Å². The molecule has 0 aliphatic heterocycles. The standard InChI is InChI=1S/C20H24N4O3/c1-5-16-17(22-23-24(16)14-15-10-7-6-8-11-15)18(25)21-19(26)27-13-9-12-20(2,3)4/h5-12H,1,13-14H2,2-4H3,(H,21,25,26). The van der Waals surface area contributed by atoms with E-state index in [1.807, 2.05) is 57.2 Å². The van der Waals surface area contributed by atoms with Gasteiger partial charge in [0.2, 0.25) is 0 Å². The van der Waals surface area contributed by atoms with Crippen LogP contribution in [0.3, 0.4) is 0 Å². The van der Waals surface area contributed by atoms with Crippen LogP contribution in [0.5, 0.6) is 0 Å². The summed E-state index contributed by atoms with van der Waals surface area (Å²) < 4.78 is 6.52. The third-order valence-corrected chi connectivity index (χ3v) is 3.50. The fraction of sp³-hybridized carbons (Fsp3) is 0.300. The maximum atomic E-state index is 12.3. The molecule has 2 aromatic rings. The minimum Gasteiger partial charge on any atom is -0.445 e. The largest absolute Gasteiger partial charge is 0.445 e. The number of hydrogen-bond donors (Lipinski definition) is 1. The van der Waals surface area contributed by atoms with Crippen molar-refractivity contribution in [1.82, 2.24) is 20.3 Å². The molecule has 1 N–H and O–H groups in total. The lowest BCUT2D eigenvalue weighted by Crippen LogP contribution is -2.32. The number of carbonyl (C=O) groups is 2. The van der Waals surface area contributed by atoms with Crippen molar-refractivity contribution >= 4 is 18.1 Å². The predicted octanol–water partition coefficient (Wildman–Crippen LogP) is 3.44. The summed E-state index contributed by atoms with van der Waals surface area (Å²) >= 11 is 0. The first-order chi connectivity index (χ1) is 12.8. The lowest BCUT2D eigenvalue weighted by molar-refractivity contribution is 0.0924. The van der Waals surface area contributed by atoms with Crippen LogP contribution in [0.1, 0.15) is 42.5 Å². The Morgan fingerprint density at radius 3 is 2.59 bits per heavy atom. The van der Waals surface area contributed by atoms with Crippen LogP contribution in [-0.2, 0) is 11.3 Å². The molecule has 0 radical (unpaired) electrons. The summed E-state index contributed by atoms with van der Waals surface area (Å²) in [6.07, 6.45) is 4.30. The smallest absolute Gasteiger partial charge is 0.414 e. The maximum Gasteiger partial charge on any atom is 0.414 e. The Kier molecular flexibility index (Phi) is 6.65. The molecule has 7 nitrogen and oxygen atoms in total. The van der Waals surface area contributed by atoms with E-state index in [0.717, 1.165) is 5.56 Å². The SMILES string of the molecule is C=Cc1c(C(=O)NC(=O)OCC=CC(C)(C)C)nnn1Cc1ccccc1. The second-order valence-corrected chi connectivity index (χ2v) is 6.99. The Morgan fingerprint density at radius 1 is 1.26 bits per heavy atom. The van der Waals surface area contributed by atoms with Gasteiger partial charge in [0.1, 0.15) is 6.61 Å². The van der Waals surface area contributed by atoms with Gasteiger partial charge in [0.25, 0.3) is 5.91 Å². The molecule has 0 saturated carbocycles. The lowest BCUT2D eigenvalue weighted by Gasteiger charge is -2.11. The van der Waals surface area contributed by atoms with Crippen molar-refractivity contribution < 1.29 is 14.3 Å². The molecule has 142 valence electrons. The summed E-state index contributed by atoms with van der Waals surface area (Å²) in [6.45, 7) is 10.3. The molecule has 0 saturated heterocycles. The Bertz CT molecular complexity index is 833. The number of benzene rings is 1. The number of ether oxygens (including phenoxy) is 1. The average molecular weight is 368 g/mol. The molecule has 2 amide bonds. The van der Waals surface area contributed by atoms with Crippen molar-refractivity contribution in [3.05, 3.63) is 66.0 Å². The van der Waals surface area contributed by atoms with Gasteiger partial charge >= 0.3 is 6.09 Å². The summed E-state index contributed by atoms with van der Waals surface area (Å²) in [7, 11) is 0. The number of allylic oxidation sites excluding steroid dienone is 1. The molecule has 0 fully saturated rings. The number of aromatic nitrogens is 3. The molecule has 0 atom stereocenters. The Hall–Kier alpha value is -3.22. The quantitative estimate of drug-likeness (QED) is 0.790. The second-order valence-electron chi connectivity index (χ2n) is 6.99. The zero-order chi connectivity index (χ0) is 19.9. The highest BCUT2D eigenvalue weighted by atomic mass is 16.5. The van der Waals surface area contributed by atoms with Gasteiger partial charge in [-0.3, -0.25) is 10.1 Å². The molecule has 0 bridgehead atoms. The summed E-state index contributed by atoms with van der Waals surface area (Å²) in [5, 5.41) is 10.0. The van der Waals surface area contributed by atoms with Crippen molar-refractivity contribution in [2.45, 2.75) is 27.3 Å². The first kappa shape index (κ1) is 20.1. The van der Waals surface area contributed by atoms with E-state index in [4.69, 9.17) is 4.74 Å². The van der Waals surface area contributed by atoms with Crippen LogP contribution in [0.4, 0.5) is 4.79 Å². The van der Waals surface area contributed by atoms with E-state index < -0.39 is 12.0 Å². The Labute approximate surface area is 158 Å². The number of nitrogens with one attached hydrogen (secondary N) is 1. The van der Waals surface area contributed by atoms with Crippen LogP contribution in [0.15, 0.2) is 49.1 Å². The van der Waals surface area contributed by atoms with Crippen molar-refractivity contribution in [3.63, 3.8) is 0 Å². The van der Waals surface area contributed by atoms with Crippen LogP contribution < -0.4 is 5.32 Å². The van der Waals surface area contributed by atoms with Gasteiger partial charge in [0.05, 0.1) is 12.2 Å². The average Bonchev–Trinajstić information content (AvgIpc) is 3.01.